The molecule has 0 saturated heterocycles. The van der Waals surface area contributed by atoms with E-state index >= 15 is 0 Å². The molecule has 0 radical (unpaired) electrons. The number of hydrogen-bond donors (Lipinski definition) is 3. The van der Waals surface area contributed by atoms with Crippen molar-refractivity contribution in [3.8, 4) is 0 Å². The molecule has 0 spiro atoms. The van der Waals surface area contributed by atoms with E-state index in [1.807, 2.05) is 60.7 Å². The molecule has 1 atom stereocenters. The maximum atomic E-state index is 12.9. The van der Waals surface area contributed by atoms with Gasteiger partial charge in [-0.05, 0) is 41.0 Å². The van der Waals surface area contributed by atoms with Crippen LogP contribution in [-0.4, -0.2) is 17.6 Å². The van der Waals surface area contributed by atoms with E-state index in [4.69, 9.17) is 5.73 Å². The number of carbonyl (C=O) groups is 1. The zero-order chi connectivity index (χ0) is 21.6. The van der Waals surface area contributed by atoms with E-state index in [9.17, 15) is 9.90 Å². The maximum Gasteiger partial charge on any atom is 0.261 e. The first-order chi connectivity index (χ1) is 15.2. The van der Waals surface area contributed by atoms with Crippen molar-refractivity contribution in [3.05, 3.63) is 124 Å². The molecule has 4 nitrogen and oxygen atoms in total. The lowest BCUT2D eigenvalue weighted by molar-refractivity contribution is 0.0920. The second kappa shape index (κ2) is 9.60. The normalized spacial score (nSPS) is 11.9. The number of carbonyl (C=O) groups excluding carboxylic acids is 1. The average Bonchev–Trinajstić information content (AvgIpc) is 3.29. The summed E-state index contributed by atoms with van der Waals surface area (Å²) in [7, 11) is 0. The summed E-state index contributed by atoms with van der Waals surface area (Å²) in [5, 5.41) is 12.7. The zero-order valence-electron chi connectivity index (χ0n) is 16.9. The van der Waals surface area contributed by atoms with Crippen LogP contribution in [0.2, 0.25) is 0 Å². The number of aliphatic hydroxyl groups excluding tert-OH is 1. The predicted molar refractivity (Wildman–Crippen MR) is 126 cm³/mol. The Morgan fingerprint density at radius 2 is 1.45 bits per heavy atom. The van der Waals surface area contributed by atoms with Crippen molar-refractivity contribution in [2.24, 2.45) is 0 Å². The fraction of sp³-hybridized carbons (Fsp3) is 0.115. The molecular formula is C26H24N2O2S. The lowest BCUT2D eigenvalue weighted by atomic mass is 9.90. The van der Waals surface area contributed by atoms with Crippen LogP contribution in [0.4, 0.5) is 5.69 Å². The SMILES string of the molecule is Nc1cccc([C@@H](CO)NC(=O)c2ccc(C(c3ccccc3)c3ccccc3)s2)c1. The molecular weight excluding hydrogens is 404 g/mol. The molecule has 4 aromatic rings. The number of amides is 1. The van der Waals surface area contributed by atoms with Crippen molar-refractivity contribution in [2.75, 3.05) is 12.3 Å². The molecule has 5 heteroatoms. The number of rotatable bonds is 7. The molecule has 1 aromatic heterocycles. The van der Waals surface area contributed by atoms with Gasteiger partial charge in [0.25, 0.3) is 5.91 Å². The second-order valence-corrected chi connectivity index (χ2v) is 8.45. The molecule has 1 amide bonds. The summed E-state index contributed by atoms with van der Waals surface area (Å²) in [4.78, 5) is 14.6. The largest absolute Gasteiger partial charge is 0.399 e. The van der Waals surface area contributed by atoms with Crippen LogP contribution in [-0.2, 0) is 0 Å². The van der Waals surface area contributed by atoms with E-state index in [0.29, 0.717) is 10.6 Å². The van der Waals surface area contributed by atoms with Crippen molar-refractivity contribution in [2.45, 2.75) is 12.0 Å². The number of benzene rings is 3. The van der Waals surface area contributed by atoms with E-state index in [2.05, 4.69) is 29.6 Å². The number of anilines is 1. The Bertz CT molecular complexity index is 1100. The first-order valence-electron chi connectivity index (χ1n) is 10.1. The lowest BCUT2D eigenvalue weighted by Crippen LogP contribution is -2.30. The highest BCUT2D eigenvalue weighted by Gasteiger charge is 2.21. The summed E-state index contributed by atoms with van der Waals surface area (Å²) in [6, 6.07) is 31.1. The standard InChI is InChI=1S/C26H24N2O2S/c27-21-13-7-12-20(16-21)22(17-29)28-26(30)24-15-14-23(31-24)25(18-8-3-1-4-9-18)19-10-5-2-6-11-19/h1-16,22,25,29H,17,27H2,(H,28,30)/t22-/m1/s1. The Labute approximate surface area is 186 Å². The fourth-order valence-electron chi connectivity index (χ4n) is 3.68. The maximum absolute atomic E-state index is 12.9. The molecule has 0 aliphatic heterocycles. The predicted octanol–water partition coefficient (Wildman–Crippen LogP) is 4.97. The average molecular weight is 429 g/mol. The van der Waals surface area contributed by atoms with Gasteiger partial charge in [0.1, 0.15) is 0 Å². The first-order valence-corrected chi connectivity index (χ1v) is 10.9. The summed E-state index contributed by atoms with van der Waals surface area (Å²) >= 11 is 1.47. The second-order valence-electron chi connectivity index (χ2n) is 7.34. The van der Waals surface area contributed by atoms with Gasteiger partial charge in [-0.1, -0.05) is 72.8 Å². The first kappa shape index (κ1) is 20.8. The topological polar surface area (TPSA) is 75.3 Å². The van der Waals surface area contributed by atoms with Gasteiger partial charge in [-0.25, -0.2) is 0 Å². The van der Waals surface area contributed by atoms with Gasteiger partial charge in [-0.15, -0.1) is 11.3 Å². The van der Waals surface area contributed by atoms with Gasteiger partial charge in [0.15, 0.2) is 0 Å². The monoisotopic (exact) mass is 428 g/mol. The quantitative estimate of drug-likeness (QED) is 0.364. The van der Waals surface area contributed by atoms with Crippen LogP contribution in [0.3, 0.4) is 0 Å². The highest BCUT2D eigenvalue weighted by molar-refractivity contribution is 7.14. The highest BCUT2D eigenvalue weighted by atomic mass is 32.1. The van der Waals surface area contributed by atoms with E-state index in [1.54, 1.807) is 12.1 Å². The molecule has 0 bridgehead atoms. The molecule has 4 N–H and O–H groups in total. The molecule has 1 heterocycles. The van der Waals surface area contributed by atoms with E-state index < -0.39 is 6.04 Å². The molecule has 31 heavy (non-hydrogen) atoms. The summed E-state index contributed by atoms with van der Waals surface area (Å²) in [5.41, 5.74) is 9.57. The molecule has 156 valence electrons. The molecule has 4 rings (SSSR count). The number of aliphatic hydroxyl groups is 1. The van der Waals surface area contributed by atoms with Crippen molar-refractivity contribution in [1.29, 1.82) is 0 Å². The van der Waals surface area contributed by atoms with Crippen molar-refractivity contribution in [1.82, 2.24) is 5.32 Å². The lowest BCUT2D eigenvalue weighted by Gasteiger charge is -2.17. The number of nitrogens with two attached hydrogens (primary N) is 1. The van der Waals surface area contributed by atoms with Crippen LogP contribution in [0.5, 0.6) is 0 Å². The van der Waals surface area contributed by atoms with Crippen molar-refractivity contribution < 1.29 is 9.90 Å². The van der Waals surface area contributed by atoms with Crippen LogP contribution < -0.4 is 11.1 Å². The molecule has 3 aromatic carbocycles. The van der Waals surface area contributed by atoms with E-state index in [1.165, 1.54) is 22.5 Å². The highest BCUT2D eigenvalue weighted by Crippen LogP contribution is 2.36. The Hall–Kier alpha value is -3.41. The molecule has 0 unspecified atom stereocenters. The van der Waals surface area contributed by atoms with E-state index in [0.717, 1.165) is 10.4 Å². The number of thiophene rings is 1. The van der Waals surface area contributed by atoms with Crippen molar-refractivity contribution in [3.63, 3.8) is 0 Å². The molecule has 0 saturated carbocycles. The summed E-state index contributed by atoms with van der Waals surface area (Å²) in [6.07, 6.45) is 0. The summed E-state index contributed by atoms with van der Waals surface area (Å²) < 4.78 is 0. The van der Waals surface area contributed by atoms with Crippen LogP contribution in [0.25, 0.3) is 0 Å². The Morgan fingerprint density at radius 3 is 2.03 bits per heavy atom. The van der Waals surface area contributed by atoms with Gasteiger partial charge < -0.3 is 16.2 Å². The smallest absolute Gasteiger partial charge is 0.261 e. The van der Waals surface area contributed by atoms with Crippen LogP contribution >= 0.6 is 11.3 Å². The minimum Gasteiger partial charge on any atom is -0.399 e. The zero-order valence-corrected chi connectivity index (χ0v) is 17.8. The molecule has 0 aliphatic carbocycles. The Balaban J connectivity index is 1.60. The van der Waals surface area contributed by atoms with Crippen molar-refractivity contribution >= 4 is 22.9 Å². The van der Waals surface area contributed by atoms with Crippen LogP contribution in [0.1, 0.15) is 43.2 Å². The number of hydrogen-bond acceptors (Lipinski definition) is 4. The number of nitrogens with one attached hydrogen (secondary N) is 1. The van der Waals surface area contributed by atoms with Gasteiger partial charge in [-0.3, -0.25) is 4.79 Å². The molecule has 0 fully saturated rings. The Morgan fingerprint density at radius 1 is 0.839 bits per heavy atom. The van der Waals surface area contributed by atoms with Gasteiger partial charge in [-0.2, -0.15) is 0 Å². The number of nitrogen functional groups attached to an aromatic ring is 1. The minimum absolute atomic E-state index is 0.0523. The minimum atomic E-state index is -0.513. The van der Waals surface area contributed by atoms with Gasteiger partial charge in [0.2, 0.25) is 0 Å². The summed E-state index contributed by atoms with van der Waals surface area (Å²) in [5.74, 6) is -0.158. The van der Waals surface area contributed by atoms with Gasteiger partial charge >= 0.3 is 0 Å². The molecule has 0 aliphatic rings. The van der Waals surface area contributed by atoms with Crippen LogP contribution in [0, 0.1) is 0 Å². The summed E-state index contributed by atoms with van der Waals surface area (Å²) in [6.45, 7) is -0.204. The fourth-order valence-corrected chi connectivity index (χ4v) is 4.75. The third kappa shape index (κ3) is 4.85. The Kier molecular flexibility index (Phi) is 6.46. The van der Waals surface area contributed by atoms with Crippen LogP contribution in [0.15, 0.2) is 97.1 Å². The van der Waals surface area contributed by atoms with E-state index in [-0.39, 0.29) is 18.4 Å². The third-order valence-corrected chi connectivity index (χ3v) is 6.35. The third-order valence-electron chi connectivity index (χ3n) is 5.20. The van der Waals surface area contributed by atoms with Gasteiger partial charge in [0.05, 0.1) is 17.5 Å². The van der Waals surface area contributed by atoms with Gasteiger partial charge in [0, 0.05) is 16.5 Å².